The van der Waals surface area contributed by atoms with E-state index in [2.05, 4.69) is 10.3 Å². The molecule has 0 saturated carbocycles. The lowest BCUT2D eigenvalue weighted by Crippen LogP contribution is -2.42. The molecule has 0 aliphatic carbocycles. The van der Waals surface area contributed by atoms with E-state index in [1.807, 2.05) is 0 Å². The second-order valence-electron chi connectivity index (χ2n) is 5.64. The highest BCUT2D eigenvalue weighted by Gasteiger charge is 2.22. The van der Waals surface area contributed by atoms with E-state index in [-0.39, 0.29) is 18.8 Å². The van der Waals surface area contributed by atoms with E-state index >= 15 is 0 Å². The van der Waals surface area contributed by atoms with Crippen molar-refractivity contribution >= 4 is 11.9 Å². The van der Waals surface area contributed by atoms with Crippen LogP contribution in [0, 0.1) is 0 Å². The number of nitrogens with one attached hydrogen (secondary N) is 1. The minimum absolute atomic E-state index is 0.101. The van der Waals surface area contributed by atoms with Crippen molar-refractivity contribution in [2.45, 2.75) is 38.8 Å². The number of ketones is 1. The van der Waals surface area contributed by atoms with Crippen LogP contribution in [0.2, 0.25) is 0 Å². The van der Waals surface area contributed by atoms with Gasteiger partial charge in [0.2, 0.25) is 0 Å². The molecule has 0 spiro atoms. The Balaban J connectivity index is 2.61. The Kier molecular flexibility index (Phi) is 6.30. The second-order valence-corrected chi connectivity index (χ2v) is 5.64. The van der Waals surface area contributed by atoms with E-state index in [1.165, 1.54) is 7.11 Å². The van der Waals surface area contributed by atoms with Crippen molar-refractivity contribution in [1.29, 1.82) is 0 Å². The largest absolute Gasteiger partial charge is 0.444 e. The maximum atomic E-state index is 12.1. The zero-order valence-corrected chi connectivity index (χ0v) is 12.9. The summed E-state index contributed by atoms with van der Waals surface area (Å²) in [6, 6.07) is 4.66. The average molecular weight is 294 g/mol. The van der Waals surface area contributed by atoms with Gasteiger partial charge in [-0.2, -0.15) is 0 Å². The number of hydrogen-bond donors (Lipinski definition) is 1. The number of carbonyl (C=O) groups is 2. The van der Waals surface area contributed by atoms with Gasteiger partial charge in [0.25, 0.3) is 0 Å². The number of ether oxygens (including phenoxy) is 2. The molecule has 6 nitrogen and oxygen atoms in total. The molecule has 0 aliphatic rings. The van der Waals surface area contributed by atoms with E-state index < -0.39 is 17.7 Å². The van der Waals surface area contributed by atoms with Crippen molar-refractivity contribution in [3.63, 3.8) is 0 Å². The predicted octanol–water partition coefficient (Wildman–Crippen LogP) is 2.19. The van der Waals surface area contributed by atoms with Crippen LogP contribution in [0.1, 0.15) is 37.7 Å². The zero-order chi connectivity index (χ0) is 15.9. The molecule has 6 heteroatoms. The van der Waals surface area contributed by atoms with Gasteiger partial charge in [0.1, 0.15) is 11.3 Å². The summed E-state index contributed by atoms with van der Waals surface area (Å²) in [5, 5.41) is 2.64. The van der Waals surface area contributed by atoms with Crippen molar-refractivity contribution in [2.75, 3.05) is 13.7 Å². The molecule has 1 aromatic heterocycles. The monoisotopic (exact) mass is 294 g/mol. The molecule has 1 atom stereocenters. The molecular formula is C15H22N2O4. The second kappa shape index (κ2) is 7.73. The SMILES string of the molecule is COCC(CC(=O)c1ccccn1)NC(=O)OC(C)(C)C. The van der Waals surface area contributed by atoms with Crippen molar-refractivity contribution in [2.24, 2.45) is 0 Å². The summed E-state index contributed by atoms with van der Waals surface area (Å²) in [5.74, 6) is -0.159. The lowest BCUT2D eigenvalue weighted by Gasteiger charge is -2.23. The van der Waals surface area contributed by atoms with Crippen LogP contribution in [-0.2, 0) is 9.47 Å². The van der Waals surface area contributed by atoms with Crippen LogP contribution in [0.5, 0.6) is 0 Å². The first kappa shape index (κ1) is 17.1. The normalized spacial score (nSPS) is 12.6. The third kappa shape index (κ3) is 6.85. The van der Waals surface area contributed by atoms with E-state index in [0.29, 0.717) is 5.69 Å². The Hall–Kier alpha value is -1.95. The van der Waals surface area contributed by atoms with Gasteiger partial charge < -0.3 is 14.8 Å². The molecule has 0 aliphatic heterocycles. The van der Waals surface area contributed by atoms with Gasteiger partial charge in [-0.3, -0.25) is 9.78 Å². The Morgan fingerprint density at radius 2 is 2.05 bits per heavy atom. The van der Waals surface area contributed by atoms with Crippen molar-refractivity contribution in [1.82, 2.24) is 10.3 Å². The number of aromatic nitrogens is 1. The Bertz CT molecular complexity index is 468. The number of pyridine rings is 1. The zero-order valence-electron chi connectivity index (χ0n) is 12.9. The smallest absolute Gasteiger partial charge is 0.407 e. The first-order chi connectivity index (χ1) is 9.81. The summed E-state index contributed by atoms with van der Waals surface area (Å²) in [5.41, 5.74) is -0.225. The quantitative estimate of drug-likeness (QED) is 0.814. The highest BCUT2D eigenvalue weighted by atomic mass is 16.6. The molecule has 21 heavy (non-hydrogen) atoms. The third-order valence-corrected chi connectivity index (χ3v) is 2.47. The summed E-state index contributed by atoms with van der Waals surface area (Å²) in [4.78, 5) is 27.8. The van der Waals surface area contributed by atoms with Gasteiger partial charge in [-0.1, -0.05) is 6.07 Å². The molecule has 0 bridgehead atoms. The fourth-order valence-corrected chi connectivity index (χ4v) is 1.68. The number of Topliss-reactive ketones (excluding diaryl/α,β-unsaturated/α-hetero) is 1. The predicted molar refractivity (Wildman–Crippen MR) is 78.2 cm³/mol. The Labute approximate surface area is 124 Å². The molecule has 0 saturated heterocycles. The highest BCUT2D eigenvalue weighted by molar-refractivity contribution is 5.94. The number of nitrogens with zero attached hydrogens (tertiary/aromatic N) is 1. The summed E-state index contributed by atoms with van der Waals surface area (Å²) in [6.45, 7) is 5.54. The topological polar surface area (TPSA) is 77.5 Å². The molecular weight excluding hydrogens is 272 g/mol. The molecule has 0 radical (unpaired) electrons. The summed E-state index contributed by atoms with van der Waals surface area (Å²) in [6.07, 6.45) is 1.09. The van der Waals surface area contributed by atoms with E-state index in [0.717, 1.165) is 0 Å². The summed E-state index contributed by atoms with van der Waals surface area (Å²) < 4.78 is 10.2. The van der Waals surface area contributed by atoms with Crippen LogP contribution in [-0.4, -0.2) is 42.2 Å². The lowest BCUT2D eigenvalue weighted by atomic mass is 10.1. The molecule has 1 rings (SSSR count). The first-order valence-corrected chi connectivity index (χ1v) is 6.74. The summed E-state index contributed by atoms with van der Waals surface area (Å²) in [7, 11) is 1.51. The van der Waals surface area contributed by atoms with Crippen LogP contribution in [0.3, 0.4) is 0 Å². The standard InChI is InChI=1S/C15H22N2O4/c1-15(2,3)21-14(19)17-11(10-20-4)9-13(18)12-7-5-6-8-16-12/h5-8,11H,9-10H2,1-4H3,(H,17,19). The molecule has 1 heterocycles. The minimum Gasteiger partial charge on any atom is -0.444 e. The number of alkyl carbamates (subject to hydrolysis) is 1. The van der Waals surface area contributed by atoms with Gasteiger partial charge in [0.05, 0.1) is 12.6 Å². The number of hydrogen-bond acceptors (Lipinski definition) is 5. The Morgan fingerprint density at radius 3 is 2.57 bits per heavy atom. The maximum Gasteiger partial charge on any atom is 0.407 e. The molecule has 1 N–H and O–H groups in total. The number of rotatable bonds is 6. The molecule has 116 valence electrons. The van der Waals surface area contributed by atoms with Gasteiger partial charge in [-0.05, 0) is 32.9 Å². The van der Waals surface area contributed by atoms with Gasteiger partial charge in [0.15, 0.2) is 5.78 Å². The van der Waals surface area contributed by atoms with Crippen molar-refractivity contribution < 1.29 is 19.1 Å². The number of methoxy groups -OCH3 is 1. The number of amides is 1. The number of carbonyl (C=O) groups excluding carboxylic acids is 2. The van der Waals surface area contributed by atoms with E-state index in [9.17, 15) is 9.59 Å². The Morgan fingerprint density at radius 1 is 1.33 bits per heavy atom. The van der Waals surface area contributed by atoms with Crippen LogP contribution >= 0.6 is 0 Å². The van der Waals surface area contributed by atoms with Crippen LogP contribution in [0.4, 0.5) is 4.79 Å². The van der Waals surface area contributed by atoms with E-state index in [1.54, 1.807) is 45.2 Å². The average Bonchev–Trinajstić information content (AvgIpc) is 2.37. The summed E-state index contributed by atoms with van der Waals surface area (Å²) >= 11 is 0. The van der Waals surface area contributed by atoms with Crippen LogP contribution in [0.15, 0.2) is 24.4 Å². The van der Waals surface area contributed by atoms with Gasteiger partial charge in [-0.25, -0.2) is 4.79 Å². The third-order valence-electron chi connectivity index (χ3n) is 2.47. The van der Waals surface area contributed by atoms with E-state index in [4.69, 9.17) is 9.47 Å². The fraction of sp³-hybridized carbons (Fsp3) is 0.533. The van der Waals surface area contributed by atoms with Crippen molar-refractivity contribution in [3.8, 4) is 0 Å². The molecule has 1 amide bonds. The highest BCUT2D eigenvalue weighted by Crippen LogP contribution is 2.08. The molecule has 0 aromatic carbocycles. The first-order valence-electron chi connectivity index (χ1n) is 6.74. The molecule has 0 fully saturated rings. The van der Waals surface area contributed by atoms with Crippen molar-refractivity contribution in [3.05, 3.63) is 30.1 Å². The van der Waals surface area contributed by atoms with Crippen LogP contribution in [0.25, 0.3) is 0 Å². The van der Waals surface area contributed by atoms with Gasteiger partial charge in [0, 0.05) is 19.7 Å². The molecule has 1 aromatic rings. The fourth-order valence-electron chi connectivity index (χ4n) is 1.68. The van der Waals surface area contributed by atoms with Gasteiger partial charge in [-0.15, -0.1) is 0 Å². The van der Waals surface area contributed by atoms with Gasteiger partial charge >= 0.3 is 6.09 Å². The molecule has 1 unspecified atom stereocenters. The van der Waals surface area contributed by atoms with Crippen LogP contribution < -0.4 is 5.32 Å². The minimum atomic E-state index is -0.591. The maximum absolute atomic E-state index is 12.1. The lowest BCUT2D eigenvalue weighted by molar-refractivity contribution is 0.0464.